The van der Waals surface area contributed by atoms with E-state index in [0.717, 1.165) is 0 Å². The van der Waals surface area contributed by atoms with E-state index < -0.39 is 0 Å². The van der Waals surface area contributed by atoms with E-state index in [0.29, 0.717) is 11.5 Å². The van der Waals surface area contributed by atoms with Crippen LogP contribution in [0.25, 0.3) is 0 Å². The van der Waals surface area contributed by atoms with E-state index in [-0.39, 0.29) is 5.56 Å². The molecule has 0 fully saturated rings. The van der Waals surface area contributed by atoms with Crippen LogP contribution in [0.5, 0.6) is 0 Å². The van der Waals surface area contributed by atoms with Crippen molar-refractivity contribution in [1.82, 2.24) is 9.97 Å². The number of rotatable bonds is 1. The lowest BCUT2D eigenvalue weighted by atomic mass is 10.5. The third-order valence-corrected chi connectivity index (χ3v) is 1.39. The molecule has 60 valence electrons. The molecule has 0 saturated heterocycles. The SMILES string of the molecule is Cc1ncc(N(C)C)c(=O)[nH]1. The monoisotopic (exact) mass is 153 g/mol. The van der Waals surface area contributed by atoms with Crippen molar-refractivity contribution in [2.45, 2.75) is 6.92 Å². The number of anilines is 1. The van der Waals surface area contributed by atoms with Crippen molar-refractivity contribution in [2.24, 2.45) is 0 Å². The molecule has 0 aliphatic carbocycles. The molecule has 0 atom stereocenters. The van der Waals surface area contributed by atoms with E-state index >= 15 is 0 Å². The number of nitrogens with zero attached hydrogens (tertiary/aromatic N) is 2. The van der Waals surface area contributed by atoms with Crippen LogP contribution in [0.1, 0.15) is 5.82 Å². The molecule has 4 heteroatoms. The van der Waals surface area contributed by atoms with Gasteiger partial charge in [-0.2, -0.15) is 0 Å². The number of nitrogens with one attached hydrogen (secondary N) is 1. The van der Waals surface area contributed by atoms with Crippen molar-refractivity contribution in [3.8, 4) is 0 Å². The highest BCUT2D eigenvalue weighted by molar-refractivity contribution is 5.39. The minimum atomic E-state index is -0.0949. The molecule has 0 aliphatic rings. The van der Waals surface area contributed by atoms with E-state index in [2.05, 4.69) is 9.97 Å². The number of hydrogen-bond acceptors (Lipinski definition) is 3. The molecule has 0 spiro atoms. The van der Waals surface area contributed by atoms with Gasteiger partial charge in [-0.05, 0) is 6.92 Å². The van der Waals surface area contributed by atoms with Crippen molar-refractivity contribution in [3.05, 3.63) is 22.4 Å². The molecule has 0 saturated carbocycles. The summed E-state index contributed by atoms with van der Waals surface area (Å²) in [5.74, 6) is 0.639. The maximum atomic E-state index is 11.1. The summed E-state index contributed by atoms with van der Waals surface area (Å²) in [5.41, 5.74) is 0.484. The van der Waals surface area contributed by atoms with Crippen LogP contribution in [0.3, 0.4) is 0 Å². The third-order valence-electron chi connectivity index (χ3n) is 1.39. The van der Waals surface area contributed by atoms with Crippen LogP contribution in [0, 0.1) is 6.92 Å². The van der Waals surface area contributed by atoms with E-state index in [4.69, 9.17) is 0 Å². The molecule has 0 radical (unpaired) electrons. The quantitative estimate of drug-likeness (QED) is 0.624. The summed E-state index contributed by atoms with van der Waals surface area (Å²) in [5, 5.41) is 0. The molecule has 1 rings (SSSR count). The number of aromatic nitrogens is 2. The maximum Gasteiger partial charge on any atom is 0.274 e. The van der Waals surface area contributed by atoms with Crippen LogP contribution >= 0.6 is 0 Å². The lowest BCUT2D eigenvalue weighted by Crippen LogP contribution is -2.21. The first kappa shape index (κ1) is 7.78. The normalized spacial score (nSPS) is 9.73. The second kappa shape index (κ2) is 2.74. The molecule has 11 heavy (non-hydrogen) atoms. The zero-order valence-corrected chi connectivity index (χ0v) is 6.88. The Morgan fingerprint density at radius 2 is 2.18 bits per heavy atom. The number of aromatic amines is 1. The van der Waals surface area contributed by atoms with Crippen molar-refractivity contribution in [3.63, 3.8) is 0 Å². The summed E-state index contributed by atoms with van der Waals surface area (Å²) in [7, 11) is 3.61. The Labute approximate surface area is 64.9 Å². The second-order valence-electron chi connectivity index (χ2n) is 2.58. The van der Waals surface area contributed by atoms with Crippen LogP contribution in [0.15, 0.2) is 11.0 Å². The summed E-state index contributed by atoms with van der Waals surface area (Å²) >= 11 is 0. The third kappa shape index (κ3) is 1.58. The first-order valence-electron chi connectivity index (χ1n) is 3.34. The fourth-order valence-corrected chi connectivity index (χ4v) is 0.796. The summed E-state index contributed by atoms with van der Waals surface area (Å²) < 4.78 is 0. The minimum Gasteiger partial charge on any atom is -0.372 e. The first-order chi connectivity index (χ1) is 5.11. The van der Waals surface area contributed by atoms with Gasteiger partial charge in [-0.1, -0.05) is 0 Å². The van der Waals surface area contributed by atoms with E-state index in [1.165, 1.54) is 0 Å². The zero-order valence-electron chi connectivity index (χ0n) is 6.88. The zero-order chi connectivity index (χ0) is 8.43. The molecule has 0 unspecified atom stereocenters. The Bertz CT molecular complexity index is 303. The van der Waals surface area contributed by atoms with Gasteiger partial charge in [0, 0.05) is 14.1 Å². The molecule has 0 bridgehead atoms. The predicted molar refractivity (Wildman–Crippen MR) is 43.9 cm³/mol. The van der Waals surface area contributed by atoms with E-state index in [9.17, 15) is 4.79 Å². The average molecular weight is 153 g/mol. The topological polar surface area (TPSA) is 49.0 Å². The molecule has 0 aromatic carbocycles. The number of hydrogen-bond donors (Lipinski definition) is 1. The van der Waals surface area contributed by atoms with E-state index in [1.54, 1.807) is 18.0 Å². The van der Waals surface area contributed by atoms with Gasteiger partial charge in [0.25, 0.3) is 5.56 Å². The highest BCUT2D eigenvalue weighted by Crippen LogP contribution is 1.98. The van der Waals surface area contributed by atoms with Crippen LogP contribution in [0.4, 0.5) is 5.69 Å². The van der Waals surface area contributed by atoms with Gasteiger partial charge in [-0.25, -0.2) is 4.98 Å². The Hall–Kier alpha value is -1.32. The standard InChI is InChI=1S/C7H11N3O/c1-5-8-4-6(10(2)3)7(11)9-5/h4H,1-3H3,(H,8,9,11). The minimum absolute atomic E-state index is 0.0949. The second-order valence-corrected chi connectivity index (χ2v) is 2.58. The van der Waals surface area contributed by atoms with Gasteiger partial charge >= 0.3 is 0 Å². The largest absolute Gasteiger partial charge is 0.372 e. The average Bonchev–Trinajstić information content (AvgIpc) is 1.85. The van der Waals surface area contributed by atoms with Crippen molar-refractivity contribution < 1.29 is 0 Å². The molecular formula is C7H11N3O. The Morgan fingerprint density at radius 3 is 2.64 bits per heavy atom. The van der Waals surface area contributed by atoms with Gasteiger partial charge in [0.2, 0.25) is 0 Å². The van der Waals surface area contributed by atoms with E-state index in [1.807, 2.05) is 14.1 Å². The van der Waals surface area contributed by atoms with Crippen LogP contribution in [-0.2, 0) is 0 Å². The highest BCUT2D eigenvalue weighted by atomic mass is 16.1. The highest BCUT2D eigenvalue weighted by Gasteiger charge is 2.00. The summed E-state index contributed by atoms with van der Waals surface area (Å²) in [6, 6.07) is 0. The van der Waals surface area contributed by atoms with Crippen LogP contribution in [-0.4, -0.2) is 24.1 Å². The number of aryl methyl sites for hydroxylation is 1. The van der Waals surface area contributed by atoms with Gasteiger partial charge in [-0.15, -0.1) is 0 Å². The summed E-state index contributed by atoms with van der Waals surface area (Å²) in [4.78, 5) is 19.4. The lowest BCUT2D eigenvalue weighted by Gasteiger charge is -2.09. The fourth-order valence-electron chi connectivity index (χ4n) is 0.796. The van der Waals surface area contributed by atoms with Crippen molar-refractivity contribution in [2.75, 3.05) is 19.0 Å². The smallest absolute Gasteiger partial charge is 0.274 e. The first-order valence-corrected chi connectivity index (χ1v) is 3.34. The lowest BCUT2D eigenvalue weighted by molar-refractivity contribution is 0.981. The molecule has 0 aliphatic heterocycles. The van der Waals surface area contributed by atoms with Gasteiger partial charge in [0.15, 0.2) is 0 Å². The Morgan fingerprint density at radius 1 is 1.55 bits per heavy atom. The molecule has 1 heterocycles. The molecule has 1 aromatic rings. The van der Waals surface area contributed by atoms with Crippen molar-refractivity contribution >= 4 is 5.69 Å². The summed E-state index contributed by atoms with van der Waals surface area (Å²) in [6.45, 7) is 1.75. The molecule has 0 amide bonds. The Balaban J connectivity index is 3.21. The van der Waals surface area contributed by atoms with Gasteiger partial charge in [0.1, 0.15) is 11.5 Å². The van der Waals surface area contributed by atoms with Crippen LogP contribution in [0.2, 0.25) is 0 Å². The van der Waals surface area contributed by atoms with Crippen LogP contribution < -0.4 is 10.5 Å². The Kier molecular flexibility index (Phi) is 1.94. The van der Waals surface area contributed by atoms with Gasteiger partial charge in [-0.3, -0.25) is 4.79 Å². The predicted octanol–water partition coefficient (Wildman–Crippen LogP) is 0.144. The molecular weight excluding hydrogens is 142 g/mol. The van der Waals surface area contributed by atoms with Crippen molar-refractivity contribution in [1.29, 1.82) is 0 Å². The fraction of sp³-hybridized carbons (Fsp3) is 0.429. The van der Waals surface area contributed by atoms with Gasteiger partial charge < -0.3 is 9.88 Å². The molecule has 1 N–H and O–H groups in total. The van der Waals surface area contributed by atoms with Gasteiger partial charge in [0.05, 0.1) is 6.20 Å². The molecule has 4 nitrogen and oxygen atoms in total. The number of H-pyrrole nitrogens is 1. The molecule has 1 aromatic heterocycles. The summed E-state index contributed by atoms with van der Waals surface area (Å²) in [6.07, 6.45) is 1.56. The maximum absolute atomic E-state index is 11.1.